The fourth-order valence-corrected chi connectivity index (χ4v) is 1.88. The van der Waals surface area contributed by atoms with Crippen molar-refractivity contribution < 1.29 is 0 Å². The van der Waals surface area contributed by atoms with E-state index in [4.69, 9.17) is 17.3 Å². The monoisotopic (exact) mass is 233 g/mol. The van der Waals surface area contributed by atoms with E-state index in [2.05, 4.69) is 20.4 Å². The first-order chi connectivity index (χ1) is 7.75. The van der Waals surface area contributed by atoms with E-state index in [1.807, 2.05) is 18.2 Å². The first kappa shape index (κ1) is 9.23. The molecule has 6 heteroatoms. The first-order valence-electron chi connectivity index (χ1n) is 4.68. The molecular weight excluding hydrogens is 226 g/mol. The molecular formula is C10H8ClN5. The maximum Gasteiger partial charge on any atom is 0.132 e. The second kappa shape index (κ2) is 3.24. The summed E-state index contributed by atoms with van der Waals surface area (Å²) in [5.74, 6) is 0.543. The second-order valence-electron chi connectivity index (χ2n) is 3.47. The zero-order valence-corrected chi connectivity index (χ0v) is 8.92. The Morgan fingerprint density at radius 2 is 2.12 bits per heavy atom. The third-order valence-electron chi connectivity index (χ3n) is 2.49. The molecule has 5 nitrogen and oxygen atoms in total. The van der Waals surface area contributed by atoms with E-state index in [1.54, 1.807) is 6.20 Å². The highest BCUT2D eigenvalue weighted by Crippen LogP contribution is 2.28. The lowest BCUT2D eigenvalue weighted by Gasteiger charge is -1.98. The Hall–Kier alpha value is -2.01. The summed E-state index contributed by atoms with van der Waals surface area (Å²) in [6, 6.07) is 5.76. The SMILES string of the molecule is Nc1[nH]ncc1-c1ccc2c(Cl)[nH]nc2c1. The topological polar surface area (TPSA) is 83.4 Å². The maximum absolute atomic E-state index is 5.92. The highest BCUT2D eigenvalue weighted by molar-refractivity contribution is 6.34. The molecule has 1 aromatic carbocycles. The summed E-state index contributed by atoms with van der Waals surface area (Å²) in [5.41, 5.74) is 8.38. The van der Waals surface area contributed by atoms with E-state index in [0.29, 0.717) is 11.0 Å². The van der Waals surface area contributed by atoms with Crippen molar-refractivity contribution in [1.82, 2.24) is 20.4 Å². The third kappa shape index (κ3) is 1.25. The van der Waals surface area contributed by atoms with E-state index >= 15 is 0 Å². The molecule has 0 aliphatic heterocycles. The van der Waals surface area contributed by atoms with E-state index in [9.17, 15) is 0 Å². The molecule has 0 fully saturated rings. The molecule has 0 aliphatic rings. The number of nitrogens with two attached hydrogens (primary N) is 1. The Morgan fingerprint density at radius 1 is 1.25 bits per heavy atom. The molecule has 0 atom stereocenters. The van der Waals surface area contributed by atoms with Gasteiger partial charge in [-0.2, -0.15) is 10.2 Å². The molecule has 3 rings (SSSR count). The van der Waals surface area contributed by atoms with Crippen LogP contribution >= 0.6 is 11.6 Å². The highest BCUT2D eigenvalue weighted by Gasteiger charge is 2.08. The van der Waals surface area contributed by atoms with Crippen molar-refractivity contribution in [2.45, 2.75) is 0 Å². The van der Waals surface area contributed by atoms with Crippen LogP contribution in [-0.2, 0) is 0 Å². The average Bonchev–Trinajstić information content (AvgIpc) is 2.86. The number of halogens is 1. The Bertz CT molecular complexity index is 654. The molecule has 0 radical (unpaired) electrons. The number of aromatic nitrogens is 4. The number of rotatable bonds is 1. The number of nitrogen functional groups attached to an aromatic ring is 1. The standard InChI is InChI=1S/C10H8ClN5/c11-9-6-2-1-5(3-8(6)14-15-9)7-4-13-16-10(7)12/h1-4H,(H,14,15)(H3,12,13,16). The molecule has 0 amide bonds. The molecule has 0 bridgehead atoms. The number of hydrogen-bond donors (Lipinski definition) is 3. The van der Waals surface area contributed by atoms with Crippen molar-refractivity contribution in [3.05, 3.63) is 29.5 Å². The van der Waals surface area contributed by atoms with Crippen LogP contribution in [0, 0.1) is 0 Å². The molecule has 0 spiro atoms. The fraction of sp³-hybridized carbons (Fsp3) is 0. The van der Waals surface area contributed by atoms with Gasteiger partial charge in [0.15, 0.2) is 0 Å². The molecule has 3 aromatic rings. The number of hydrogen-bond acceptors (Lipinski definition) is 3. The summed E-state index contributed by atoms with van der Waals surface area (Å²) in [7, 11) is 0. The van der Waals surface area contributed by atoms with E-state index < -0.39 is 0 Å². The maximum atomic E-state index is 5.92. The van der Waals surface area contributed by atoms with Gasteiger partial charge in [0.2, 0.25) is 0 Å². The van der Waals surface area contributed by atoms with Crippen molar-refractivity contribution in [1.29, 1.82) is 0 Å². The van der Waals surface area contributed by atoms with Crippen molar-refractivity contribution in [2.24, 2.45) is 0 Å². The molecule has 80 valence electrons. The van der Waals surface area contributed by atoms with E-state index in [0.717, 1.165) is 22.0 Å². The number of nitrogens with zero attached hydrogens (tertiary/aromatic N) is 2. The normalized spacial score (nSPS) is 11.1. The van der Waals surface area contributed by atoms with Crippen LogP contribution in [0.4, 0.5) is 5.82 Å². The summed E-state index contributed by atoms with van der Waals surface area (Å²) < 4.78 is 0. The van der Waals surface area contributed by atoms with Gasteiger partial charge in [0, 0.05) is 10.9 Å². The first-order valence-corrected chi connectivity index (χ1v) is 5.06. The molecule has 0 saturated carbocycles. The van der Waals surface area contributed by atoms with Crippen LogP contribution in [0.1, 0.15) is 0 Å². The van der Waals surface area contributed by atoms with E-state index in [-0.39, 0.29) is 0 Å². The molecule has 0 saturated heterocycles. The lowest BCUT2D eigenvalue weighted by molar-refractivity contribution is 1.10. The van der Waals surface area contributed by atoms with Gasteiger partial charge in [-0.15, -0.1) is 0 Å². The zero-order valence-electron chi connectivity index (χ0n) is 8.16. The summed E-state index contributed by atoms with van der Waals surface area (Å²) >= 11 is 5.92. The third-order valence-corrected chi connectivity index (χ3v) is 2.78. The number of anilines is 1. The van der Waals surface area contributed by atoms with Crippen LogP contribution < -0.4 is 5.73 Å². The Balaban J connectivity index is 2.23. The molecule has 4 N–H and O–H groups in total. The Kier molecular flexibility index (Phi) is 1.87. The predicted octanol–water partition coefficient (Wildman–Crippen LogP) is 2.19. The lowest BCUT2D eigenvalue weighted by atomic mass is 10.1. The fourth-order valence-electron chi connectivity index (χ4n) is 1.67. The lowest BCUT2D eigenvalue weighted by Crippen LogP contribution is -1.87. The summed E-state index contributed by atoms with van der Waals surface area (Å²) in [4.78, 5) is 0. The second-order valence-corrected chi connectivity index (χ2v) is 3.84. The van der Waals surface area contributed by atoms with Crippen molar-refractivity contribution >= 4 is 28.3 Å². The van der Waals surface area contributed by atoms with Crippen LogP contribution in [0.25, 0.3) is 22.0 Å². The van der Waals surface area contributed by atoms with Gasteiger partial charge in [0.25, 0.3) is 0 Å². The summed E-state index contributed by atoms with van der Waals surface area (Å²) in [6.45, 7) is 0. The Labute approximate surface area is 95.6 Å². The smallest absolute Gasteiger partial charge is 0.132 e. The highest BCUT2D eigenvalue weighted by atomic mass is 35.5. The average molecular weight is 234 g/mol. The predicted molar refractivity (Wildman–Crippen MR) is 63.1 cm³/mol. The van der Waals surface area contributed by atoms with Crippen LogP contribution in [-0.4, -0.2) is 20.4 Å². The van der Waals surface area contributed by atoms with Gasteiger partial charge in [-0.25, -0.2) is 0 Å². The van der Waals surface area contributed by atoms with Crippen LogP contribution in [0.5, 0.6) is 0 Å². The number of H-pyrrole nitrogens is 2. The van der Waals surface area contributed by atoms with Crippen molar-refractivity contribution in [2.75, 3.05) is 5.73 Å². The minimum absolute atomic E-state index is 0.543. The molecule has 16 heavy (non-hydrogen) atoms. The summed E-state index contributed by atoms with van der Waals surface area (Å²) in [5, 5.41) is 14.8. The van der Waals surface area contributed by atoms with Crippen LogP contribution in [0.15, 0.2) is 24.4 Å². The largest absolute Gasteiger partial charge is 0.384 e. The van der Waals surface area contributed by atoms with Crippen LogP contribution in [0.2, 0.25) is 5.15 Å². The van der Waals surface area contributed by atoms with Crippen LogP contribution in [0.3, 0.4) is 0 Å². The number of nitrogens with one attached hydrogen (secondary N) is 2. The zero-order chi connectivity index (χ0) is 11.1. The van der Waals surface area contributed by atoms with Gasteiger partial charge in [-0.1, -0.05) is 17.7 Å². The summed E-state index contributed by atoms with van der Waals surface area (Å²) in [6.07, 6.45) is 1.69. The number of fused-ring (bicyclic) bond motifs is 1. The molecule has 2 aromatic heterocycles. The molecule has 0 aliphatic carbocycles. The van der Waals surface area contributed by atoms with Gasteiger partial charge >= 0.3 is 0 Å². The minimum atomic E-state index is 0.543. The van der Waals surface area contributed by atoms with Crippen molar-refractivity contribution in [3.8, 4) is 11.1 Å². The van der Waals surface area contributed by atoms with Gasteiger partial charge in [-0.3, -0.25) is 10.2 Å². The minimum Gasteiger partial charge on any atom is -0.384 e. The van der Waals surface area contributed by atoms with Gasteiger partial charge < -0.3 is 5.73 Å². The Morgan fingerprint density at radius 3 is 2.88 bits per heavy atom. The van der Waals surface area contributed by atoms with Gasteiger partial charge in [0.1, 0.15) is 11.0 Å². The number of aromatic amines is 2. The van der Waals surface area contributed by atoms with E-state index in [1.165, 1.54) is 0 Å². The molecule has 2 heterocycles. The number of benzene rings is 1. The van der Waals surface area contributed by atoms with Gasteiger partial charge in [-0.05, 0) is 17.7 Å². The molecule has 0 unspecified atom stereocenters. The van der Waals surface area contributed by atoms with Crippen molar-refractivity contribution in [3.63, 3.8) is 0 Å². The quantitative estimate of drug-likeness (QED) is 0.602. The van der Waals surface area contributed by atoms with Gasteiger partial charge in [0.05, 0.1) is 11.7 Å².